The van der Waals surface area contributed by atoms with E-state index in [1.165, 1.54) is 18.2 Å². The molecule has 108 valence electrons. The molecule has 0 spiro atoms. The van der Waals surface area contributed by atoms with Crippen molar-refractivity contribution in [1.29, 1.82) is 0 Å². The lowest BCUT2D eigenvalue weighted by molar-refractivity contribution is 0.102. The second-order valence-corrected chi connectivity index (χ2v) is 5.82. The molecule has 0 unspecified atom stereocenters. The fraction of sp³-hybridized carbons (Fsp3) is 0.0667. The molecule has 3 nitrogen and oxygen atoms in total. The van der Waals surface area contributed by atoms with Gasteiger partial charge in [0.25, 0.3) is 5.91 Å². The van der Waals surface area contributed by atoms with E-state index in [4.69, 9.17) is 18.0 Å². The van der Waals surface area contributed by atoms with Gasteiger partial charge in [0.1, 0.15) is 10.8 Å². The number of benzene rings is 2. The maximum Gasteiger partial charge on any atom is 0.255 e. The highest BCUT2D eigenvalue weighted by Crippen LogP contribution is 2.21. The van der Waals surface area contributed by atoms with Crippen LogP contribution in [0.15, 0.2) is 40.9 Å². The molecule has 0 fully saturated rings. The van der Waals surface area contributed by atoms with Crippen molar-refractivity contribution < 1.29 is 9.18 Å². The van der Waals surface area contributed by atoms with E-state index < -0.39 is 5.82 Å². The minimum Gasteiger partial charge on any atom is -0.389 e. The molecule has 0 atom stereocenters. The lowest BCUT2D eigenvalue weighted by Crippen LogP contribution is -2.18. The molecule has 0 saturated carbocycles. The summed E-state index contributed by atoms with van der Waals surface area (Å²) in [5.74, 6) is -0.771. The van der Waals surface area contributed by atoms with E-state index >= 15 is 0 Å². The van der Waals surface area contributed by atoms with Crippen LogP contribution in [-0.4, -0.2) is 10.9 Å². The number of carbonyl (C=O) groups excluding carboxylic acids is 1. The zero-order valence-corrected chi connectivity index (χ0v) is 13.5. The smallest absolute Gasteiger partial charge is 0.255 e. The van der Waals surface area contributed by atoms with E-state index in [9.17, 15) is 9.18 Å². The Morgan fingerprint density at radius 3 is 2.62 bits per heavy atom. The lowest BCUT2D eigenvalue weighted by Gasteiger charge is -2.12. The topological polar surface area (TPSA) is 55.1 Å². The number of hydrogen-bond donors (Lipinski definition) is 2. The Morgan fingerprint density at radius 2 is 1.95 bits per heavy atom. The number of nitrogens with one attached hydrogen (secondary N) is 1. The maximum absolute atomic E-state index is 13.3. The van der Waals surface area contributed by atoms with Crippen LogP contribution in [0, 0.1) is 12.7 Å². The second-order valence-electron chi connectivity index (χ2n) is 4.47. The van der Waals surface area contributed by atoms with Crippen molar-refractivity contribution >= 4 is 44.7 Å². The van der Waals surface area contributed by atoms with Crippen LogP contribution in [0.2, 0.25) is 0 Å². The summed E-state index contributed by atoms with van der Waals surface area (Å²) in [6.07, 6.45) is 0. The first-order valence-corrected chi connectivity index (χ1v) is 7.25. The van der Waals surface area contributed by atoms with Gasteiger partial charge in [0.05, 0.1) is 5.69 Å². The van der Waals surface area contributed by atoms with E-state index in [2.05, 4.69) is 21.2 Å². The van der Waals surface area contributed by atoms with Gasteiger partial charge in [-0.05, 0) is 42.8 Å². The lowest BCUT2D eigenvalue weighted by atomic mass is 10.1. The first kappa shape index (κ1) is 15.6. The van der Waals surface area contributed by atoms with E-state index in [0.29, 0.717) is 16.8 Å². The minimum atomic E-state index is -0.463. The molecule has 0 aliphatic heterocycles. The second kappa shape index (κ2) is 6.32. The van der Waals surface area contributed by atoms with Gasteiger partial charge in [0.15, 0.2) is 0 Å². The fourth-order valence-corrected chi connectivity index (χ4v) is 2.39. The van der Waals surface area contributed by atoms with E-state index in [1.54, 1.807) is 6.07 Å². The van der Waals surface area contributed by atoms with Crippen LogP contribution in [0.25, 0.3) is 0 Å². The highest BCUT2D eigenvalue weighted by Gasteiger charge is 2.13. The third-order valence-electron chi connectivity index (χ3n) is 2.94. The van der Waals surface area contributed by atoms with Gasteiger partial charge in [-0.1, -0.05) is 34.2 Å². The summed E-state index contributed by atoms with van der Waals surface area (Å²) in [4.78, 5) is 12.4. The molecule has 0 bridgehead atoms. The molecular weight excluding hydrogens is 355 g/mol. The van der Waals surface area contributed by atoms with Crippen LogP contribution in [0.1, 0.15) is 21.5 Å². The Kier molecular flexibility index (Phi) is 4.69. The Morgan fingerprint density at radius 1 is 1.24 bits per heavy atom. The number of rotatable bonds is 3. The summed E-state index contributed by atoms with van der Waals surface area (Å²) in [6, 6.07) is 9.28. The van der Waals surface area contributed by atoms with Crippen molar-refractivity contribution in [3.63, 3.8) is 0 Å². The van der Waals surface area contributed by atoms with Crippen molar-refractivity contribution in [2.75, 3.05) is 5.32 Å². The van der Waals surface area contributed by atoms with Crippen LogP contribution in [-0.2, 0) is 0 Å². The quantitative estimate of drug-likeness (QED) is 0.812. The molecule has 0 saturated heterocycles. The first-order chi connectivity index (χ1) is 9.88. The third-order valence-corrected chi connectivity index (χ3v) is 3.65. The van der Waals surface area contributed by atoms with Crippen LogP contribution in [0.4, 0.5) is 10.1 Å². The van der Waals surface area contributed by atoms with Gasteiger partial charge < -0.3 is 11.1 Å². The first-order valence-electron chi connectivity index (χ1n) is 6.05. The van der Waals surface area contributed by atoms with Gasteiger partial charge in [0.2, 0.25) is 0 Å². The van der Waals surface area contributed by atoms with E-state index in [0.717, 1.165) is 10.0 Å². The Hall–Kier alpha value is -1.79. The van der Waals surface area contributed by atoms with E-state index in [1.807, 2.05) is 19.1 Å². The summed E-state index contributed by atoms with van der Waals surface area (Å²) in [5, 5.41) is 2.71. The molecule has 0 aliphatic carbocycles. The summed E-state index contributed by atoms with van der Waals surface area (Å²) in [6.45, 7) is 1.83. The monoisotopic (exact) mass is 366 g/mol. The molecule has 2 rings (SSSR count). The van der Waals surface area contributed by atoms with Crippen molar-refractivity contribution in [1.82, 2.24) is 0 Å². The SMILES string of the molecule is Cc1ccc(Br)cc1C(=O)Nc1ccc(F)cc1C(N)=S. The Bertz CT molecular complexity index is 734. The standard InChI is InChI=1S/C15H12BrFN2OS/c1-8-2-3-9(16)6-11(8)15(20)19-13-5-4-10(17)7-12(13)14(18)21/h2-7H,1H3,(H2,18,21)(H,19,20). The Balaban J connectivity index is 2.36. The normalized spacial score (nSPS) is 10.2. The van der Waals surface area contributed by atoms with Gasteiger partial charge in [-0.15, -0.1) is 0 Å². The molecule has 6 heteroatoms. The number of hydrogen-bond acceptors (Lipinski definition) is 2. The molecule has 0 aromatic heterocycles. The number of halogens is 2. The zero-order valence-electron chi connectivity index (χ0n) is 11.1. The zero-order chi connectivity index (χ0) is 15.6. The number of nitrogens with two attached hydrogens (primary N) is 1. The number of carbonyl (C=O) groups is 1. The average molecular weight is 367 g/mol. The summed E-state index contributed by atoms with van der Waals surface area (Å²) < 4.78 is 14.0. The van der Waals surface area contributed by atoms with Crippen molar-refractivity contribution in [2.45, 2.75) is 6.92 Å². The fourth-order valence-electron chi connectivity index (χ4n) is 1.86. The third kappa shape index (κ3) is 3.65. The van der Waals surface area contributed by atoms with Crippen LogP contribution < -0.4 is 11.1 Å². The molecule has 3 N–H and O–H groups in total. The van der Waals surface area contributed by atoms with Gasteiger partial charge in [0, 0.05) is 15.6 Å². The predicted octanol–water partition coefficient (Wildman–Crippen LogP) is 3.78. The molecule has 0 heterocycles. The number of thiocarbonyl (C=S) groups is 1. The number of anilines is 1. The van der Waals surface area contributed by atoms with Crippen molar-refractivity contribution in [2.24, 2.45) is 5.73 Å². The van der Waals surface area contributed by atoms with Gasteiger partial charge in [-0.25, -0.2) is 4.39 Å². The van der Waals surface area contributed by atoms with Crippen LogP contribution >= 0.6 is 28.1 Å². The Labute approximate surface area is 135 Å². The molecule has 21 heavy (non-hydrogen) atoms. The van der Waals surface area contributed by atoms with Crippen molar-refractivity contribution in [3.05, 3.63) is 63.4 Å². The molecule has 2 aromatic carbocycles. The summed E-state index contributed by atoms with van der Waals surface area (Å²) >= 11 is 8.20. The van der Waals surface area contributed by atoms with Crippen LogP contribution in [0.3, 0.4) is 0 Å². The number of aryl methyl sites for hydroxylation is 1. The van der Waals surface area contributed by atoms with Gasteiger partial charge in [-0.3, -0.25) is 4.79 Å². The number of amides is 1. The molecule has 0 radical (unpaired) electrons. The van der Waals surface area contributed by atoms with Crippen LogP contribution in [0.5, 0.6) is 0 Å². The van der Waals surface area contributed by atoms with Crippen molar-refractivity contribution in [3.8, 4) is 0 Å². The van der Waals surface area contributed by atoms with Gasteiger partial charge >= 0.3 is 0 Å². The average Bonchev–Trinajstić information content (AvgIpc) is 2.43. The predicted molar refractivity (Wildman–Crippen MR) is 89.1 cm³/mol. The highest BCUT2D eigenvalue weighted by atomic mass is 79.9. The molecule has 2 aromatic rings. The summed E-state index contributed by atoms with van der Waals surface area (Å²) in [7, 11) is 0. The molecular formula is C15H12BrFN2OS. The maximum atomic E-state index is 13.3. The minimum absolute atomic E-state index is 0.0239. The summed E-state index contributed by atoms with van der Waals surface area (Å²) in [5.41, 5.74) is 7.58. The van der Waals surface area contributed by atoms with Gasteiger partial charge in [-0.2, -0.15) is 0 Å². The largest absolute Gasteiger partial charge is 0.389 e. The highest BCUT2D eigenvalue weighted by molar-refractivity contribution is 9.10. The molecule has 0 aliphatic rings. The van der Waals surface area contributed by atoms with E-state index in [-0.39, 0.29) is 10.9 Å². The molecule has 1 amide bonds.